The van der Waals surface area contributed by atoms with Gasteiger partial charge in [-0.25, -0.2) is 0 Å². The van der Waals surface area contributed by atoms with Gasteiger partial charge in [-0.15, -0.1) is 24.0 Å². The smallest absolute Gasteiger partial charge is 0.258 e. The molecule has 0 aliphatic rings. The van der Waals surface area contributed by atoms with Crippen LogP contribution < -0.4 is 0 Å². The van der Waals surface area contributed by atoms with Gasteiger partial charge < -0.3 is 0 Å². The van der Waals surface area contributed by atoms with Crippen LogP contribution in [0.1, 0.15) is 0 Å². The predicted molar refractivity (Wildman–Crippen MR) is 63.4 cm³/mol. The van der Waals surface area contributed by atoms with E-state index in [1.54, 1.807) is 5.38 Å². The van der Waals surface area contributed by atoms with Crippen molar-refractivity contribution in [3.63, 3.8) is 0 Å². The Hall–Kier alpha value is -0.590. The lowest BCUT2D eigenvalue weighted by molar-refractivity contribution is -0.382. The molecule has 2 rings (SSSR count). The van der Waals surface area contributed by atoms with E-state index in [4.69, 9.17) is 0 Å². The first-order valence-corrected chi connectivity index (χ1v) is 5.75. The molecule has 0 fully saturated rings. The number of rotatable bonds is 1. The number of benzene rings is 1. The summed E-state index contributed by atoms with van der Waals surface area (Å²) in [5.41, 5.74) is 0.125. The van der Waals surface area contributed by atoms with Crippen molar-refractivity contribution in [3.05, 3.63) is 32.1 Å². The quantitative estimate of drug-likeness (QED) is 0.492. The number of thiol groups is 1. The molecule has 2 aromatic rings. The van der Waals surface area contributed by atoms with E-state index in [0.29, 0.717) is 9.17 Å². The molecule has 0 aliphatic heterocycles. The minimum Gasteiger partial charge on any atom is -0.258 e. The van der Waals surface area contributed by atoms with E-state index in [0.717, 1.165) is 10.3 Å². The summed E-state index contributed by atoms with van der Waals surface area (Å²) in [5.74, 6) is 0. The van der Waals surface area contributed by atoms with Crippen molar-refractivity contribution in [1.82, 2.24) is 0 Å². The maximum absolute atomic E-state index is 10.7. The molecule has 0 bridgehead atoms. The molecule has 0 unspecified atom stereocenters. The van der Waals surface area contributed by atoms with Gasteiger partial charge in [-0.05, 0) is 6.07 Å². The number of halogens is 1. The third-order valence-corrected chi connectivity index (χ3v) is 3.82. The molecule has 1 aromatic heterocycles. The Morgan fingerprint density at radius 1 is 1.50 bits per heavy atom. The number of nitrogens with zero attached hydrogens (tertiary/aromatic N) is 1. The van der Waals surface area contributed by atoms with E-state index in [1.165, 1.54) is 17.4 Å². The Labute approximate surface area is 97.4 Å². The zero-order valence-electron chi connectivity index (χ0n) is 6.73. The van der Waals surface area contributed by atoms with Crippen molar-refractivity contribution in [3.8, 4) is 0 Å². The van der Waals surface area contributed by atoms with Gasteiger partial charge in [0.05, 0.1) is 4.92 Å². The average molecular weight is 290 g/mol. The highest BCUT2D eigenvalue weighted by Crippen LogP contribution is 2.37. The molecule has 72 valence electrons. The second kappa shape index (κ2) is 3.52. The lowest BCUT2D eigenvalue weighted by Crippen LogP contribution is -1.87. The zero-order valence-corrected chi connectivity index (χ0v) is 10.0. The molecule has 6 heteroatoms. The van der Waals surface area contributed by atoms with Gasteiger partial charge >= 0.3 is 0 Å². The number of nitro benzene ring substituents is 1. The standard InChI is InChI=1S/C8H4BrNO2S2/c9-4-1-5-7(13)3-14-8(5)6(2-4)10(11)12/h1-3,13H. The van der Waals surface area contributed by atoms with Crippen LogP contribution >= 0.6 is 39.9 Å². The second-order valence-corrected chi connectivity index (χ2v) is 4.96. The van der Waals surface area contributed by atoms with Crippen LogP contribution in [0, 0.1) is 10.1 Å². The van der Waals surface area contributed by atoms with Crippen LogP contribution in [-0.2, 0) is 0 Å². The van der Waals surface area contributed by atoms with E-state index in [9.17, 15) is 10.1 Å². The van der Waals surface area contributed by atoms with Gasteiger partial charge in [0.1, 0.15) is 4.70 Å². The fourth-order valence-electron chi connectivity index (χ4n) is 1.21. The van der Waals surface area contributed by atoms with Crippen LogP contribution in [0.3, 0.4) is 0 Å². The molecule has 3 nitrogen and oxygen atoms in total. The molecular formula is C8H4BrNO2S2. The number of hydrogen-bond donors (Lipinski definition) is 1. The van der Waals surface area contributed by atoms with E-state index in [2.05, 4.69) is 28.6 Å². The number of non-ortho nitro benzene ring substituents is 1. The maximum atomic E-state index is 10.7. The Kier molecular flexibility index (Phi) is 2.50. The molecule has 0 atom stereocenters. The van der Waals surface area contributed by atoms with Crippen LogP contribution in [0.2, 0.25) is 0 Å². The molecule has 0 saturated carbocycles. The van der Waals surface area contributed by atoms with Crippen molar-refractivity contribution < 1.29 is 4.92 Å². The molecule has 0 radical (unpaired) electrons. The highest BCUT2D eigenvalue weighted by Gasteiger charge is 2.15. The van der Waals surface area contributed by atoms with Gasteiger partial charge in [0, 0.05) is 26.2 Å². The van der Waals surface area contributed by atoms with Gasteiger partial charge in [-0.1, -0.05) is 15.9 Å². The van der Waals surface area contributed by atoms with Crippen LogP contribution in [-0.4, -0.2) is 4.92 Å². The summed E-state index contributed by atoms with van der Waals surface area (Å²) < 4.78 is 1.37. The van der Waals surface area contributed by atoms with Crippen molar-refractivity contribution in [1.29, 1.82) is 0 Å². The summed E-state index contributed by atoms with van der Waals surface area (Å²) in [4.78, 5) is 11.1. The molecule has 14 heavy (non-hydrogen) atoms. The second-order valence-electron chi connectivity index (χ2n) is 2.68. The maximum Gasteiger partial charge on any atom is 0.288 e. The van der Waals surface area contributed by atoms with Gasteiger partial charge in [0.15, 0.2) is 0 Å². The summed E-state index contributed by atoms with van der Waals surface area (Å²) >= 11 is 8.81. The average Bonchev–Trinajstić information content (AvgIpc) is 2.47. The molecule has 1 heterocycles. The molecule has 1 aromatic carbocycles. The largest absolute Gasteiger partial charge is 0.288 e. The monoisotopic (exact) mass is 289 g/mol. The van der Waals surface area contributed by atoms with Gasteiger partial charge in [0.25, 0.3) is 5.69 Å². The Morgan fingerprint density at radius 3 is 2.86 bits per heavy atom. The number of nitro groups is 1. The summed E-state index contributed by atoms with van der Waals surface area (Å²) in [6.07, 6.45) is 0. The van der Waals surface area contributed by atoms with Crippen molar-refractivity contribution in [2.45, 2.75) is 4.90 Å². The van der Waals surface area contributed by atoms with E-state index >= 15 is 0 Å². The molecule has 0 aliphatic carbocycles. The van der Waals surface area contributed by atoms with Gasteiger partial charge in [0.2, 0.25) is 0 Å². The first-order valence-electron chi connectivity index (χ1n) is 3.63. The van der Waals surface area contributed by atoms with Crippen LogP contribution in [0.15, 0.2) is 26.9 Å². The normalized spacial score (nSPS) is 10.7. The number of fused-ring (bicyclic) bond motifs is 1. The van der Waals surface area contributed by atoms with E-state index in [1.807, 2.05) is 6.07 Å². The highest BCUT2D eigenvalue weighted by molar-refractivity contribution is 9.10. The van der Waals surface area contributed by atoms with Crippen LogP contribution in [0.4, 0.5) is 5.69 Å². The van der Waals surface area contributed by atoms with Crippen LogP contribution in [0.25, 0.3) is 10.1 Å². The molecular weight excluding hydrogens is 286 g/mol. The number of hydrogen-bond acceptors (Lipinski definition) is 4. The Morgan fingerprint density at radius 2 is 2.21 bits per heavy atom. The molecule has 0 spiro atoms. The molecule has 0 amide bonds. The minimum absolute atomic E-state index is 0.125. The van der Waals surface area contributed by atoms with Gasteiger partial charge in [-0.3, -0.25) is 10.1 Å². The highest BCUT2D eigenvalue weighted by atomic mass is 79.9. The topological polar surface area (TPSA) is 43.1 Å². The summed E-state index contributed by atoms with van der Waals surface area (Å²) in [7, 11) is 0. The third-order valence-electron chi connectivity index (χ3n) is 1.80. The fraction of sp³-hybridized carbons (Fsp3) is 0. The molecule has 0 N–H and O–H groups in total. The van der Waals surface area contributed by atoms with Crippen molar-refractivity contribution in [2.75, 3.05) is 0 Å². The summed E-state index contributed by atoms with van der Waals surface area (Å²) in [6.45, 7) is 0. The predicted octanol–water partition coefficient (Wildman–Crippen LogP) is 3.86. The first kappa shape index (κ1) is 9.95. The van der Waals surface area contributed by atoms with Crippen molar-refractivity contribution >= 4 is 55.7 Å². The lowest BCUT2D eigenvalue weighted by atomic mass is 10.2. The Balaban J connectivity index is 2.88. The minimum atomic E-state index is -0.378. The SMILES string of the molecule is O=[N+]([O-])c1cc(Br)cc2c(S)csc12. The van der Waals surface area contributed by atoms with Crippen LogP contribution in [0.5, 0.6) is 0 Å². The van der Waals surface area contributed by atoms with E-state index < -0.39 is 0 Å². The Bertz CT molecular complexity index is 523. The molecule has 0 saturated heterocycles. The van der Waals surface area contributed by atoms with E-state index in [-0.39, 0.29) is 10.6 Å². The first-order chi connectivity index (χ1) is 6.59. The van der Waals surface area contributed by atoms with Gasteiger partial charge in [-0.2, -0.15) is 0 Å². The fourth-order valence-corrected chi connectivity index (χ4v) is 2.97. The zero-order chi connectivity index (χ0) is 10.3. The van der Waals surface area contributed by atoms with Crippen molar-refractivity contribution in [2.24, 2.45) is 0 Å². The third kappa shape index (κ3) is 1.53. The summed E-state index contributed by atoms with van der Waals surface area (Å²) in [6, 6.07) is 3.34. The lowest BCUT2D eigenvalue weighted by Gasteiger charge is -1.95. The number of thiophene rings is 1. The summed E-state index contributed by atoms with van der Waals surface area (Å²) in [5, 5.41) is 13.4.